The zero-order valence-corrected chi connectivity index (χ0v) is 16.9. The number of para-hydroxylation sites is 1. The number of hydrogen-bond donors (Lipinski definition) is 2. The van der Waals surface area contributed by atoms with E-state index in [-0.39, 0.29) is 12.0 Å². The molecular weight excluding hydrogens is 409 g/mol. The number of nitrogens with one attached hydrogen (secondary N) is 1. The molecule has 2 aromatic heterocycles. The number of benzene rings is 2. The number of aromatic nitrogens is 4. The van der Waals surface area contributed by atoms with Gasteiger partial charge in [0.2, 0.25) is 5.95 Å². The maximum absolute atomic E-state index is 12.7. The topological polar surface area (TPSA) is 90.4 Å². The van der Waals surface area contributed by atoms with Crippen molar-refractivity contribution in [1.82, 2.24) is 24.9 Å². The Kier molecular flexibility index (Phi) is 5.40. The summed E-state index contributed by atoms with van der Waals surface area (Å²) in [6.45, 7) is 2.43. The van der Waals surface area contributed by atoms with Gasteiger partial charge in [-0.15, -0.1) is 5.10 Å². The fourth-order valence-electron chi connectivity index (χ4n) is 3.42. The fourth-order valence-corrected chi connectivity index (χ4v) is 3.42. The lowest BCUT2D eigenvalue weighted by atomic mass is 10.1. The van der Waals surface area contributed by atoms with E-state index in [2.05, 4.69) is 20.4 Å². The summed E-state index contributed by atoms with van der Waals surface area (Å²) in [7, 11) is 1.57. The van der Waals surface area contributed by atoms with Crippen molar-refractivity contribution in [2.45, 2.75) is 25.6 Å². The molecule has 0 unspecified atom stereocenters. The number of fused-ring (bicyclic) bond motifs is 3. The van der Waals surface area contributed by atoms with E-state index >= 15 is 0 Å². The lowest BCUT2D eigenvalue weighted by Crippen LogP contribution is -2.22. The highest BCUT2D eigenvalue weighted by Crippen LogP contribution is 2.30. The Morgan fingerprint density at radius 1 is 1.13 bits per heavy atom. The molecule has 0 bridgehead atoms. The third-order valence-corrected chi connectivity index (χ3v) is 5.09. The summed E-state index contributed by atoms with van der Waals surface area (Å²) in [6.07, 6.45) is -3.83. The molecular formula is C21H21F3N6O. The maximum atomic E-state index is 12.7. The second kappa shape index (κ2) is 8.03. The highest BCUT2D eigenvalue weighted by molar-refractivity contribution is 5.95. The average molecular weight is 430 g/mol. The second-order valence-corrected chi connectivity index (χ2v) is 7.14. The van der Waals surface area contributed by atoms with Crippen LogP contribution in [0.5, 0.6) is 5.75 Å². The molecule has 0 spiro atoms. The molecule has 0 aliphatic heterocycles. The van der Waals surface area contributed by atoms with Crippen LogP contribution >= 0.6 is 0 Å². The van der Waals surface area contributed by atoms with Gasteiger partial charge in [-0.3, -0.25) is 0 Å². The Morgan fingerprint density at radius 3 is 2.55 bits per heavy atom. The Hall–Kier alpha value is -3.40. The van der Waals surface area contributed by atoms with Crippen molar-refractivity contribution in [3.05, 3.63) is 59.4 Å². The molecule has 2 aromatic carbocycles. The number of methoxy groups -OCH3 is 1. The summed E-state index contributed by atoms with van der Waals surface area (Å²) >= 11 is 0. The molecule has 31 heavy (non-hydrogen) atoms. The van der Waals surface area contributed by atoms with Crippen molar-refractivity contribution in [3.8, 4) is 5.75 Å². The quantitative estimate of drug-likeness (QED) is 0.484. The summed E-state index contributed by atoms with van der Waals surface area (Å²) in [5, 5.41) is 8.50. The van der Waals surface area contributed by atoms with Gasteiger partial charge in [0.25, 0.3) is 0 Å². The van der Waals surface area contributed by atoms with Gasteiger partial charge < -0.3 is 15.8 Å². The van der Waals surface area contributed by atoms with E-state index in [1.807, 2.05) is 19.1 Å². The second-order valence-electron chi connectivity index (χ2n) is 7.14. The molecule has 10 heteroatoms. The first-order valence-corrected chi connectivity index (χ1v) is 9.66. The van der Waals surface area contributed by atoms with E-state index in [1.54, 1.807) is 13.2 Å². The van der Waals surface area contributed by atoms with E-state index in [4.69, 9.17) is 10.5 Å². The Bertz CT molecular complexity index is 1220. The molecule has 0 fully saturated rings. The lowest BCUT2D eigenvalue weighted by Gasteiger charge is -2.15. The zero-order valence-electron chi connectivity index (χ0n) is 16.9. The van der Waals surface area contributed by atoms with Gasteiger partial charge in [-0.25, -0.2) is 9.97 Å². The van der Waals surface area contributed by atoms with E-state index in [0.717, 1.165) is 23.1 Å². The Labute approximate surface area is 176 Å². The predicted octanol–water partition coefficient (Wildman–Crippen LogP) is 3.78. The van der Waals surface area contributed by atoms with Crippen molar-refractivity contribution in [1.29, 1.82) is 0 Å². The van der Waals surface area contributed by atoms with Crippen LogP contribution in [0.2, 0.25) is 0 Å². The number of nitrogens with two attached hydrogens (primary N) is 1. The van der Waals surface area contributed by atoms with Crippen LogP contribution < -0.4 is 15.8 Å². The van der Waals surface area contributed by atoms with Gasteiger partial charge in [-0.1, -0.05) is 18.2 Å². The summed E-state index contributed by atoms with van der Waals surface area (Å²) in [4.78, 5) is 8.97. The molecule has 0 aliphatic carbocycles. The molecule has 2 heterocycles. The first-order valence-electron chi connectivity index (χ1n) is 9.66. The number of halogens is 3. The van der Waals surface area contributed by atoms with Gasteiger partial charge >= 0.3 is 6.18 Å². The molecule has 7 nitrogen and oxygen atoms in total. The monoisotopic (exact) mass is 430 g/mol. The Balaban J connectivity index is 1.48. The number of nitrogens with zero attached hydrogens (tertiary/aromatic N) is 4. The highest BCUT2D eigenvalue weighted by atomic mass is 19.4. The van der Waals surface area contributed by atoms with Gasteiger partial charge in [-0.2, -0.15) is 17.7 Å². The number of nitrogen functional groups attached to an aromatic ring is 1. The fraction of sp³-hybridized carbons (Fsp3) is 0.286. The zero-order chi connectivity index (χ0) is 22.2. The van der Waals surface area contributed by atoms with E-state index in [0.29, 0.717) is 35.7 Å². The SMILES string of the molecule is COc1cccc2c1nc(N)n1nc(CCN[C@@H](C)c3ccc(C(F)(F)F)cc3)nc21. The van der Waals surface area contributed by atoms with Crippen LogP contribution in [0, 0.1) is 0 Å². The number of anilines is 1. The van der Waals surface area contributed by atoms with Crippen molar-refractivity contribution in [2.24, 2.45) is 0 Å². The van der Waals surface area contributed by atoms with Crippen LogP contribution in [0.3, 0.4) is 0 Å². The minimum atomic E-state index is -4.34. The van der Waals surface area contributed by atoms with E-state index < -0.39 is 11.7 Å². The van der Waals surface area contributed by atoms with Crippen molar-refractivity contribution >= 4 is 22.5 Å². The van der Waals surface area contributed by atoms with Crippen molar-refractivity contribution in [2.75, 3.05) is 19.4 Å². The number of ether oxygens (including phenoxy) is 1. The third kappa shape index (κ3) is 4.11. The standard InChI is InChI=1S/C21H21F3N6O/c1-12(13-6-8-14(9-7-13)21(22,23)24)26-11-10-17-27-19-15-4-3-5-16(31-2)18(15)28-20(25)30(19)29-17/h3-9,12,26H,10-11H2,1-2H3,(H2,25,28)/t12-/m0/s1. The normalized spacial score (nSPS) is 13.1. The number of rotatable bonds is 6. The minimum Gasteiger partial charge on any atom is -0.494 e. The third-order valence-electron chi connectivity index (χ3n) is 5.09. The summed E-state index contributed by atoms with van der Waals surface area (Å²) in [5.74, 6) is 1.39. The van der Waals surface area contributed by atoms with Crippen LogP contribution in [0.4, 0.5) is 19.1 Å². The molecule has 1 atom stereocenters. The summed E-state index contributed by atoms with van der Waals surface area (Å²) in [5.41, 5.74) is 7.36. The average Bonchev–Trinajstić information content (AvgIpc) is 3.18. The number of hydrogen-bond acceptors (Lipinski definition) is 6. The van der Waals surface area contributed by atoms with Gasteiger partial charge in [-0.05, 0) is 36.8 Å². The highest BCUT2D eigenvalue weighted by Gasteiger charge is 2.30. The smallest absolute Gasteiger partial charge is 0.416 e. The van der Waals surface area contributed by atoms with Crippen LogP contribution in [0.15, 0.2) is 42.5 Å². The first-order chi connectivity index (χ1) is 14.8. The molecule has 0 saturated heterocycles. The summed E-state index contributed by atoms with van der Waals surface area (Å²) < 4.78 is 45.0. The molecule has 4 aromatic rings. The van der Waals surface area contributed by atoms with Crippen LogP contribution in [-0.4, -0.2) is 33.2 Å². The molecule has 0 aliphatic rings. The minimum absolute atomic E-state index is 0.129. The van der Waals surface area contributed by atoms with Crippen molar-refractivity contribution < 1.29 is 17.9 Å². The van der Waals surface area contributed by atoms with E-state index in [1.165, 1.54) is 16.6 Å². The lowest BCUT2D eigenvalue weighted by molar-refractivity contribution is -0.137. The molecule has 4 rings (SSSR count). The van der Waals surface area contributed by atoms with Gasteiger partial charge in [0.1, 0.15) is 11.3 Å². The van der Waals surface area contributed by atoms with Gasteiger partial charge in [0, 0.05) is 24.4 Å². The molecule has 3 N–H and O–H groups in total. The van der Waals surface area contributed by atoms with Gasteiger partial charge in [0.15, 0.2) is 11.5 Å². The summed E-state index contributed by atoms with van der Waals surface area (Å²) in [6, 6.07) is 10.5. The predicted molar refractivity (Wildman–Crippen MR) is 111 cm³/mol. The first kappa shape index (κ1) is 20.9. The molecule has 0 amide bonds. The van der Waals surface area contributed by atoms with Gasteiger partial charge in [0.05, 0.1) is 12.7 Å². The van der Waals surface area contributed by atoms with Crippen LogP contribution in [0.25, 0.3) is 16.6 Å². The molecule has 0 radical (unpaired) electrons. The van der Waals surface area contributed by atoms with E-state index in [9.17, 15) is 13.2 Å². The Morgan fingerprint density at radius 2 is 1.87 bits per heavy atom. The maximum Gasteiger partial charge on any atom is 0.416 e. The van der Waals surface area contributed by atoms with Crippen LogP contribution in [-0.2, 0) is 12.6 Å². The molecule has 162 valence electrons. The van der Waals surface area contributed by atoms with Crippen molar-refractivity contribution in [3.63, 3.8) is 0 Å². The largest absolute Gasteiger partial charge is 0.494 e. The van der Waals surface area contributed by atoms with Crippen LogP contribution in [0.1, 0.15) is 29.9 Å². The number of alkyl halides is 3. The molecule has 0 saturated carbocycles.